The van der Waals surface area contributed by atoms with Gasteiger partial charge in [-0.05, 0) is 43.4 Å². The topological polar surface area (TPSA) is 113 Å². The molecule has 1 heterocycles. The van der Waals surface area contributed by atoms with Crippen LogP contribution in [0.5, 0.6) is 0 Å². The predicted molar refractivity (Wildman–Crippen MR) is 99.5 cm³/mol. The first-order valence-electron chi connectivity index (χ1n) is 9.61. The van der Waals surface area contributed by atoms with E-state index in [1.165, 1.54) is 30.9 Å². The molecule has 3 rings (SSSR count). The second kappa shape index (κ2) is 7.70. The number of hydrogen-bond acceptors (Lipinski definition) is 6. The fourth-order valence-corrected chi connectivity index (χ4v) is 4.60. The van der Waals surface area contributed by atoms with Gasteiger partial charge in [0, 0.05) is 20.0 Å². The van der Waals surface area contributed by atoms with Crippen LogP contribution < -0.4 is 17.0 Å². The molecule has 2 N–H and O–H groups in total. The summed E-state index contributed by atoms with van der Waals surface area (Å²) in [6.45, 7) is 1.61. The predicted octanol–water partition coefficient (Wildman–Crippen LogP) is 1.09. The van der Waals surface area contributed by atoms with Gasteiger partial charge >= 0.3 is 11.7 Å². The zero-order valence-electron chi connectivity index (χ0n) is 15.9. The van der Waals surface area contributed by atoms with Crippen LogP contribution in [0.15, 0.2) is 9.59 Å². The number of rotatable bonds is 7. The van der Waals surface area contributed by atoms with Crippen LogP contribution in [-0.2, 0) is 23.1 Å². The van der Waals surface area contributed by atoms with Gasteiger partial charge in [-0.2, -0.15) is 0 Å². The molecule has 3 atom stereocenters. The van der Waals surface area contributed by atoms with Crippen LogP contribution in [0, 0.1) is 17.8 Å². The van der Waals surface area contributed by atoms with Crippen molar-refractivity contribution in [1.82, 2.24) is 9.13 Å². The Balaban J connectivity index is 1.68. The fraction of sp³-hybridized carbons (Fsp3) is 0.684. The van der Waals surface area contributed by atoms with Crippen LogP contribution in [-0.4, -0.2) is 27.5 Å². The zero-order valence-corrected chi connectivity index (χ0v) is 15.9. The van der Waals surface area contributed by atoms with Crippen molar-refractivity contribution in [3.63, 3.8) is 0 Å². The van der Waals surface area contributed by atoms with E-state index in [9.17, 15) is 19.2 Å². The summed E-state index contributed by atoms with van der Waals surface area (Å²) in [6.07, 6.45) is 5.62. The lowest BCUT2D eigenvalue weighted by molar-refractivity contribution is -0.144. The van der Waals surface area contributed by atoms with Gasteiger partial charge < -0.3 is 10.5 Å². The van der Waals surface area contributed by atoms with Gasteiger partial charge in [-0.1, -0.05) is 13.3 Å². The highest BCUT2D eigenvalue weighted by Crippen LogP contribution is 2.49. The molecule has 0 amide bonds. The van der Waals surface area contributed by atoms with E-state index in [-0.39, 0.29) is 11.4 Å². The van der Waals surface area contributed by atoms with Gasteiger partial charge in [0.2, 0.25) is 5.78 Å². The normalized spacial score (nSPS) is 23.6. The molecule has 1 aromatic heterocycles. The number of hydrogen-bond donors (Lipinski definition) is 1. The van der Waals surface area contributed by atoms with Gasteiger partial charge in [0.15, 0.2) is 6.61 Å². The van der Waals surface area contributed by atoms with E-state index in [2.05, 4.69) is 0 Å². The average Bonchev–Trinajstić information content (AvgIpc) is 3.25. The van der Waals surface area contributed by atoms with Crippen molar-refractivity contribution < 1.29 is 14.3 Å². The van der Waals surface area contributed by atoms with Gasteiger partial charge in [-0.15, -0.1) is 0 Å². The molecule has 0 spiro atoms. The number of nitrogens with zero attached hydrogens (tertiary/aromatic N) is 2. The molecular formula is C19H27N3O5. The molecule has 2 aliphatic carbocycles. The number of ketones is 1. The maximum atomic E-state index is 12.5. The first-order valence-corrected chi connectivity index (χ1v) is 9.61. The van der Waals surface area contributed by atoms with Crippen molar-refractivity contribution in [2.24, 2.45) is 24.8 Å². The smallest absolute Gasteiger partial charge is 0.332 e. The Kier molecular flexibility index (Phi) is 5.53. The molecule has 148 valence electrons. The standard InChI is InChI=1S/C19H27N3O5/c1-3-6-22-17(20)16(18(25)21(2)19(22)26)14(23)10-27-15(24)9-13-8-11-4-5-12(13)7-11/h11-13H,3-10,20H2,1-2H3/t11-,12+,13-/m0/s1. The molecule has 0 aliphatic heterocycles. The second-order valence-corrected chi connectivity index (χ2v) is 7.78. The molecule has 2 saturated carbocycles. The van der Waals surface area contributed by atoms with Crippen molar-refractivity contribution in [2.45, 2.75) is 52.0 Å². The molecule has 1 aromatic rings. The summed E-state index contributed by atoms with van der Waals surface area (Å²) in [5, 5.41) is 0. The number of fused-ring (bicyclic) bond motifs is 2. The lowest BCUT2D eigenvalue weighted by atomic mass is 9.86. The fourth-order valence-electron chi connectivity index (χ4n) is 4.60. The number of carbonyl (C=O) groups is 2. The average molecular weight is 377 g/mol. The van der Waals surface area contributed by atoms with Crippen LogP contribution in [0.2, 0.25) is 0 Å². The van der Waals surface area contributed by atoms with Crippen molar-refractivity contribution in [1.29, 1.82) is 0 Å². The second-order valence-electron chi connectivity index (χ2n) is 7.78. The number of nitrogen functional groups attached to an aromatic ring is 1. The summed E-state index contributed by atoms with van der Waals surface area (Å²) in [4.78, 5) is 49.1. The lowest BCUT2D eigenvalue weighted by Gasteiger charge is -2.20. The Morgan fingerprint density at radius 1 is 1.22 bits per heavy atom. The molecule has 0 unspecified atom stereocenters. The lowest BCUT2D eigenvalue weighted by Crippen LogP contribution is -2.43. The summed E-state index contributed by atoms with van der Waals surface area (Å²) >= 11 is 0. The molecule has 0 aromatic carbocycles. The Morgan fingerprint density at radius 3 is 2.56 bits per heavy atom. The van der Waals surface area contributed by atoms with Gasteiger partial charge in [0.25, 0.3) is 5.56 Å². The highest BCUT2D eigenvalue weighted by atomic mass is 16.5. The summed E-state index contributed by atoms with van der Waals surface area (Å²) in [7, 11) is 1.30. The van der Waals surface area contributed by atoms with Crippen LogP contribution in [0.4, 0.5) is 5.82 Å². The van der Waals surface area contributed by atoms with E-state index < -0.39 is 29.6 Å². The van der Waals surface area contributed by atoms with E-state index in [0.29, 0.717) is 31.2 Å². The van der Waals surface area contributed by atoms with E-state index in [4.69, 9.17) is 10.5 Å². The number of esters is 1. The zero-order chi connectivity index (χ0) is 19.7. The van der Waals surface area contributed by atoms with Crippen LogP contribution in [0.1, 0.15) is 55.8 Å². The number of nitrogens with two attached hydrogens (primary N) is 1. The third-order valence-corrected chi connectivity index (χ3v) is 5.99. The first-order chi connectivity index (χ1) is 12.8. The Hall–Kier alpha value is -2.38. The Labute approximate surface area is 157 Å². The maximum Gasteiger partial charge on any atom is 0.332 e. The largest absolute Gasteiger partial charge is 0.457 e. The highest BCUT2D eigenvalue weighted by molar-refractivity contribution is 6.01. The van der Waals surface area contributed by atoms with Crippen molar-refractivity contribution in [3.05, 3.63) is 26.4 Å². The SMILES string of the molecule is CCCn1c(N)c(C(=O)COC(=O)C[C@@H]2C[C@H]3CC[C@@H]2C3)c(=O)n(C)c1=O. The summed E-state index contributed by atoms with van der Waals surface area (Å²) in [5.74, 6) is 0.405. The van der Waals surface area contributed by atoms with Gasteiger partial charge in [-0.25, -0.2) is 4.79 Å². The molecule has 2 aliphatic rings. The summed E-state index contributed by atoms with van der Waals surface area (Å²) in [5.41, 5.74) is 4.29. The number of Topliss-reactive ketones (excluding diaryl/α,β-unsaturated/α-hetero) is 1. The van der Waals surface area contributed by atoms with Gasteiger partial charge in [0.05, 0.1) is 0 Å². The Bertz CT molecular complexity index is 869. The minimum Gasteiger partial charge on any atom is -0.457 e. The third-order valence-electron chi connectivity index (χ3n) is 5.99. The molecule has 2 bridgehead atoms. The van der Waals surface area contributed by atoms with Crippen LogP contribution in [0.25, 0.3) is 0 Å². The summed E-state index contributed by atoms with van der Waals surface area (Å²) in [6, 6.07) is 0. The molecule has 0 saturated heterocycles. The molecule has 2 fully saturated rings. The number of ether oxygens (including phenoxy) is 1. The van der Waals surface area contributed by atoms with E-state index >= 15 is 0 Å². The first kappa shape index (κ1) is 19.4. The van der Waals surface area contributed by atoms with E-state index in [0.717, 1.165) is 16.9 Å². The Morgan fingerprint density at radius 2 is 1.96 bits per heavy atom. The monoisotopic (exact) mass is 377 g/mol. The number of anilines is 1. The van der Waals surface area contributed by atoms with Crippen LogP contribution in [0.3, 0.4) is 0 Å². The molecular weight excluding hydrogens is 350 g/mol. The third kappa shape index (κ3) is 3.70. The number of aromatic nitrogens is 2. The molecule has 27 heavy (non-hydrogen) atoms. The maximum absolute atomic E-state index is 12.5. The van der Waals surface area contributed by atoms with Crippen molar-refractivity contribution in [2.75, 3.05) is 12.3 Å². The highest BCUT2D eigenvalue weighted by Gasteiger charge is 2.40. The van der Waals surface area contributed by atoms with Crippen molar-refractivity contribution >= 4 is 17.6 Å². The van der Waals surface area contributed by atoms with Gasteiger partial charge in [0.1, 0.15) is 11.4 Å². The quantitative estimate of drug-likeness (QED) is 0.562. The molecule has 0 radical (unpaired) electrons. The summed E-state index contributed by atoms with van der Waals surface area (Å²) < 4.78 is 7.19. The van der Waals surface area contributed by atoms with E-state index in [1.54, 1.807) is 0 Å². The van der Waals surface area contributed by atoms with Crippen molar-refractivity contribution in [3.8, 4) is 0 Å². The minimum atomic E-state index is -0.765. The van der Waals surface area contributed by atoms with E-state index in [1.807, 2.05) is 6.92 Å². The van der Waals surface area contributed by atoms with Crippen LogP contribution >= 0.6 is 0 Å². The van der Waals surface area contributed by atoms with Gasteiger partial charge in [-0.3, -0.25) is 23.5 Å². The number of carbonyl (C=O) groups excluding carboxylic acids is 2. The molecule has 8 heteroatoms. The molecule has 8 nitrogen and oxygen atoms in total. The minimum absolute atomic E-state index is 0.167.